The van der Waals surface area contributed by atoms with Crippen LogP contribution in [-0.4, -0.2) is 30.2 Å². The fourth-order valence-corrected chi connectivity index (χ4v) is 3.94. The highest BCUT2D eigenvalue weighted by molar-refractivity contribution is 6.30. The maximum atomic E-state index is 14.1. The summed E-state index contributed by atoms with van der Waals surface area (Å²) in [6, 6.07) is 11.3. The van der Waals surface area contributed by atoms with Gasteiger partial charge in [0, 0.05) is 17.1 Å². The molecule has 8 nitrogen and oxygen atoms in total. The third-order valence-electron chi connectivity index (χ3n) is 5.32. The molecule has 2 fully saturated rings. The number of carbonyl (C=O) groups excluding carboxylic acids is 3. The summed E-state index contributed by atoms with van der Waals surface area (Å²) in [5.74, 6) is -3.76. The van der Waals surface area contributed by atoms with E-state index in [1.54, 1.807) is 37.3 Å². The first-order valence-electron chi connectivity index (χ1n) is 9.75. The minimum absolute atomic E-state index is 0.00425. The van der Waals surface area contributed by atoms with Crippen molar-refractivity contribution in [3.05, 3.63) is 58.9 Å². The second-order valence-electron chi connectivity index (χ2n) is 7.61. The zero-order valence-corrected chi connectivity index (χ0v) is 17.3. The van der Waals surface area contributed by atoms with E-state index in [2.05, 4.69) is 26.6 Å². The Morgan fingerprint density at radius 3 is 2.58 bits per heavy atom. The largest absolute Gasteiger partial charge is 0.353 e. The van der Waals surface area contributed by atoms with E-state index >= 15 is 0 Å². The lowest BCUT2D eigenvalue weighted by Crippen LogP contribution is -2.72. The van der Waals surface area contributed by atoms with E-state index in [4.69, 9.17) is 11.6 Å². The van der Waals surface area contributed by atoms with Crippen LogP contribution in [-0.2, 0) is 14.4 Å². The Balaban J connectivity index is 1.48. The van der Waals surface area contributed by atoms with Crippen LogP contribution in [0, 0.1) is 24.6 Å². The average Bonchev–Trinajstić information content (AvgIpc) is 2.71. The van der Waals surface area contributed by atoms with E-state index in [9.17, 15) is 18.8 Å². The second kappa shape index (κ2) is 8.52. The van der Waals surface area contributed by atoms with Gasteiger partial charge in [0.2, 0.25) is 17.7 Å². The molecule has 5 N–H and O–H groups in total. The van der Waals surface area contributed by atoms with Gasteiger partial charge in [0.1, 0.15) is 5.82 Å². The van der Waals surface area contributed by atoms with Crippen LogP contribution in [0.2, 0.25) is 5.02 Å². The molecule has 10 heteroatoms. The van der Waals surface area contributed by atoms with Crippen molar-refractivity contribution < 1.29 is 18.8 Å². The molecular weight excluding hydrogens is 425 g/mol. The lowest BCUT2D eigenvalue weighted by Gasteiger charge is -2.43. The van der Waals surface area contributed by atoms with E-state index in [-0.39, 0.29) is 18.0 Å². The lowest BCUT2D eigenvalue weighted by molar-refractivity contribution is -0.144. The molecule has 0 aromatic heterocycles. The molecular formula is C21H21ClFN5O3. The number of rotatable bonds is 4. The summed E-state index contributed by atoms with van der Waals surface area (Å²) < 4.78 is 14.1. The molecule has 2 aromatic rings. The van der Waals surface area contributed by atoms with Crippen molar-refractivity contribution in [1.82, 2.24) is 16.0 Å². The zero-order chi connectivity index (χ0) is 22.1. The first-order chi connectivity index (χ1) is 14.8. The van der Waals surface area contributed by atoms with Crippen LogP contribution in [0.5, 0.6) is 0 Å². The highest BCUT2D eigenvalue weighted by atomic mass is 35.5. The molecule has 2 aliphatic heterocycles. The van der Waals surface area contributed by atoms with Crippen LogP contribution in [0.4, 0.5) is 15.8 Å². The van der Waals surface area contributed by atoms with Gasteiger partial charge in [-0.3, -0.25) is 19.7 Å². The Labute approximate surface area is 182 Å². The predicted molar refractivity (Wildman–Crippen MR) is 113 cm³/mol. The Morgan fingerprint density at radius 2 is 1.87 bits per heavy atom. The molecule has 0 spiro atoms. The molecule has 0 saturated carbocycles. The van der Waals surface area contributed by atoms with Gasteiger partial charge in [-0.15, -0.1) is 0 Å². The molecule has 2 saturated heterocycles. The van der Waals surface area contributed by atoms with E-state index < -0.39 is 41.9 Å². The Morgan fingerprint density at radius 1 is 1.13 bits per heavy atom. The van der Waals surface area contributed by atoms with E-state index in [1.807, 2.05) is 0 Å². The number of piperidine rings is 1. The van der Waals surface area contributed by atoms with E-state index in [0.29, 0.717) is 16.3 Å². The number of hydrogen-bond donors (Lipinski definition) is 5. The third-order valence-corrected chi connectivity index (χ3v) is 5.58. The summed E-state index contributed by atoms with van der Waals surface area (Å²) in [6.45, 7) is 1.73. The second-order valence-corrected chi connectivity index (χ2v) is 8.05. The third kappa shape index (κ3) is 4.62. The molecule has 2 heterocycles. The Kier molecular flexibility index (Phi) is 5.79. The Hall–Kier alpha value is -3.17. The summed E-state index contributed by atoms with van der Waals surface area (Å²) in [7, 11) is 0. The topological polar surface area (TPSA) is 111 Å². The molecule has 31 heavy (non-hydrogen) atoms. The van der Waals surface area contributed by atoms with Gasteiger partial charge in [0.15, 0.2) is 6.29 Å². The van der Waals surface area contributed by atoms with Crippen LogP contribution in [0.15, 0.2) is 42.5 Å². The Bertz CT molecular complexity index is 1030. The molecule has 0 radical (unpaired) electrons. The van der Waals surface area contributed by atoms with Crippen LogP contribution in [0.3, 0.4) is 0 Å². The quantitative estimate of drug-likeness (QED) is 0.493. The maximum absolute atomic E-state index is 14.1. The van der Waals surface area contributed by atoms with Crippen LogP contribution >= 0.6 is 11.6 Å². The standard InChI is InChI=1S/C21H21ClFN5O3/c1-10-2-7-15(14(23)8-10)25-19(30)13-9-16(29)26-18-17(13)20(31)28-21(27-18)24-12-5-3-11(22)4-6-12/h2-8,13,17-18,21,24,27H,9H2,1H3,(H,25,30)(H,26,29)(H,28,31). The number of benzene rings is 2. The monoisotopic (exact) mass is 445 g/mol. The van der Waals surface area contributed by atoms with Gasteiger partial charge in [-0.25, -0.2) is 4.39 Å². The summed E-state index contributed by atoms with van der Waals surface area (Å²) in [5.41, 5.74) is 1.42. The zero-order valence-electron chi connectivity index (χ0n) is 16.5. The predicted octanol–water partition coefficient (Wildman–Crippen LogP) is 1.92. The van der Waals surface area contributed by atoms with E-state index in [0.717, 1.165) is 0 Å². The number of anilines is 2. The van der Waals surface area contributed by atoms with Gasteiger partial charge in [-0.2, -0.15) is 0 Å². The van der Waals surface area contributed by atoms with Crippen molar-refractivity contribution in [3.8, 4) is 0 Å². The highest BCUT2D eigenvalue weighted by Crippen LogP contribution is 2.28. The van der Waals surface area contributed by atoms with Gasteiger partial charge in [0.25, 0.3) is 0 Å². The van der Waals surface area contributed by atoms with Crippen molar-refractivity contribution >= 4 is 40.7 Å². The number of amides is 3. The highest BCUT2D eigenvalue weighted by Gasteiger charge is 2.48. The van der Waals surface area contributed by atoms with Crippen LogP contribution in [0.1, 0.15) is 12.0 Å². The molecule has 2 aliphatic rings. The molecule has 0 bridgehead atoms. The van der Waals surface area contributed by atoms with Crippen LogP contribution in [0.25, 0.3) is 0 Å². The van der Waals surface area contributed by atoms with Gasteiger partial charge < -0.3 is 21.3 Å². The SMILES string of the molecule is Cc1ccc(NC(=O)C2CC(=O)NC3NC(Nc4ccc(Cl)cc4)NC(=O)C32)c(F)c1. The number of carbonyl (C=O) groups is 3. The molecule has 162 valence electrons. The van der Waals surface area contributed by atoms with Crippen LogP contribution < -0.4 is 26.6 Å². The summed E-state index contributed by atoms with van der Waals surface area (Å²) in [4.78, 5) is 37.9. The maximum Gasteiger partial charge on any atom is 0.229 e. The first kappa shape index (κ1) is 21.1. The van der Waals surface area contributed by atoms with Crippen molar-refractivity contribution in [1.29, 1.82) is 0 Å². The minimum atomic E-state index is -0.955. The van der Waals surface area contributed by atoms with Crippen molar-refractivity contribution in [2.24, 2.45) is 11.8 Å². The fourth-order valence-electron chi connectivity index (χ4n) is 3.81. The molecule has 3 amide bonds. The lowest BCUT2D eigenvalue weighted by atomic mass is 9.81. The fraction of sp³-hybridized carbons (Fsp3) is 0.286. The van der Waals surface area contributed by atoms with Gasteiger partial charge in [-0.1, -0.05) is 17.7 Å². The molecule has 4 unspecified atom stereocenters. The van der Waals surface area contributed by atoms with E-state index in [1.165, 1.54) is 12.1 Å². The smallest absolute Gasteiger partial charge is 0.229 e. The molecule has 2 aromatic carbocycles. The van der Waals surface area contributed by atoms with Gasteiger partial charge in [0.05, 0.1) is 23.7 Å². The summed E-state index contributed by atoms with van der Waals surface area (Å²) in [6.07, 6.45) is -1.62. The molecule has 4 rings (SSSR count). The van der Waals surface area contributed by atoms with Crippen molar-refractivity contribution in [2.75, 3.05) is 10.6 Å². The number of halogens is 2. The summed E-state index contributed by atoms with van der Waals surface area (Å²) >= 11 is 5.88. The number of hydrogen-bond acceptors (Lipinski definition) is 5. The van der Waals surface area contributed by atoms with Crippen molar-refractivity contribution in [2.45, 2.75) is 25.8 Å². The number of aryl methyl sites for hydroxylation is 1. The normalized spacial score (nSPS) is 25.1. The number of nitrogens with one attached hydrogen (secondary N) is 5. The summed E-state index contributed by atoms with van der Waals surface area (Å²) in [5, 5.41) is 14.7. The average molecular weight is 446 g/mol. The molecule has 4 atom stereocenters. The van der Waals surface area contributed by atoms with Gasteiger partial charge in [-0.05, 0) is 48.9 Å². The minimum Gasteiger partial charge on any atom is -0.353 e. The number of fused-ring (bicyclic) bond motifs is 1. The van der Waals surface area contributed by atoms with Crippen molar-refractivity contribution in [3.63, 3.8) is 0 Å². The van der Waals surface area contributed by atoms with Gasteiger partial charge >= 0.3 is 0 Å². The molecule has 0 aliphatic carbocycles. The first-order valence-corrected chi connectivity index (χ1v) is 10.1.